The molecule has 2 N–H and O–H groups in total. The third-order valence-electron chi connectivity index (χ3n) is 4.24. The van der Waals surface area contributed by atoms with E-state index in [1.807, 2.05) is 18.2 Å². The van der Waals surface area contributed by atoms with Crippen LogP contribution in [0, 0.1) is 0 Å². The molecular weight excluding hydrogens is 466 g/mol. The van der Waals surface area contributed by atoms with Crippen LogP contribution in [0.15, 0.2) is 65.3 Å². The maximum atomic E-state index is 12.4. The lowest BCUT2D eigenvalue weighted by Crippen LogP contribution is -2.30. The zero-order valence-electron chi connectivity index (χ0n) is 16.7. The molecule has 8 nitrogen and oxygen atoms in total. The number of ether oxygens (including phenoxy) is 2. The number of methoxy groups -OCH3 is 1. The number of urea groups is 1. The molecule has 0 saturated carbocycles. The summed E-state index contributed by atoms with van der Waals surface area (Å²) < 4.78 is 11.5. The third kappa shape index (κ3) is 5.32. The molecule has 0 atom stereocenters. The van der Waals surface area contributed by atoms with Gasteiger partial charge in [0.05, 0.1) is 11.6 Å². The second kappa shape index (κ2) is 9.94. The summed E-state index contributed by atoms with van der Waals surface area (Å²) in [4.78, 5) is 37.5. The lowest BCUT2D eigenvalue weighted by Gasteiger charge is -2.14. The summed E-state index contributed by atoms with van der Waals surface area (Å²) in [6.45, 7) is 3.43. The smallest absolute Gasteiger partial charge is 0.329 e. The number of benzene rings is 2. The normalized spacial score (nSPS) is 14.4. The number of hydrogen-bond acceptors (Lipinski definition) is 5. The van der Waals surface area contributed by atoms with Crippen LogP contribution in [0.2, 0.25) is 0 Å². The number of carbonyl (C=O) groups excluding carboxylic acids is 3. The molecule has 1 fully saturated rings. The Labute approximate surface area is 187 Å². The average molecular weight is 486 g/mol. The minimum atomic E-state index is -0.508. The van der Waals surface area contributed by atoms with Gasteiger partial charge in [0, 0.05) is 12.2 Å². The highest BCUT2D eigenvalue weighted by atomic mass is 79.9. The third-order valence-corrected chi connectivity index (χ3v) is 4.83. The highest BCUT2D eigenvalue weighted by Gasteiger charge is 2.32. The number of imide groups is 1. The highest BCUT2D eigenvalue weighted by Crippen LogP contribution is 2.37. The van der Waals surface area contributed by atoms with E-state index in [9.17, 15) is 14.4 Å². The van der Waals surface area contributed by atoms with Crippen LogP contribution in [0.4, 0.5) is 10.5 Å². The Morgan fingerprint density at radius 1 is 1.26 bits per heavy atom. The minimum Gasteiger partial charge on any atom is -0.493 e. The molecule has 4 amide bonds. The van der Waals surface area contributed by atoms with E-state index in [4.69, 9.17) is 9.47 Å². The molecule has 1 heterocycles. The number of halogens is 1. The first kappa shape index (κ1) is 22.1. The van der Waals surface area contributed by atoms with E-state index in [0.29, 0.717) is 27.2 Å². The topological polar surface area (TPSA) is 97.0 Å². The summed E-state index contributed by atoms with van der Waals surface area (Å²) in [5.41, 5.74) is 1.39. The number of nitrogens with one attached hydrogen (secondary N) is 2. The number of nitrogens with zero attached hydrogens (tertiary/aromatic N) is 1. The monoisotopic (exact) mass is 485 g/mol. The van der Waals surface area contributed by atoms with Crippen molar-refractivity contribution in [2.75, 3.05) is 25.6 Å². The summed E-state index contributed by atoms with van der Waals surface area (Å²) in [5, 5.41) is 5.27. The number of carbonyl (C=O) groups is 3. The summed E-state index contributed by atoms with van der Waals surface area (Å²) in [6.07, 6.45) is 3.00. The number of para-hydroxylation sites is 1. The molecule has 0 spiro atoms. The van der Waals surface area contributed by atoms with Crippen LogP contribution in [0.3, 0.4) is 0 Å². The van der Waals surface area contributed by atoms with Crippen LogP contribution in [0.1, 0.15) is 5.56 Å². The Bertz CT molecular complexity index is 1050. The summed E-state index contributed by atoms with van der Waals surface area (Å²) >= 11 is 3.41. The second-order valence-electron chi connectivity index (χ2n) is 6.43. The zero-order chi connectivity index (χ0) is 22.4. The molecule has 3 rings (SSSR count). The first-order valence-electron chi connectivity index (χ1n) is 9.23. The van der Waals surface area contributed by atoms with Crippen LogP contribution < -0.4 is 20.1 Å². The molecular formula is C22H20BrN3O5. The van der Waals surface area contributed by atoms with Gasteiger partial charge in [0.1, 0.15) is 5.70 Å². The van der Waals surface area contributed by atoms with Gasteiger partial charge in [0.25, 0.3) is 11.8 Å². The van der Waals surface area contributed by atoms with Gasteiger partial charge in [0.15, 0.2) is 18.1 Å². The van der Waals surface area contributed by atoms with E-state index in [0.717, 1.165) is 4.90 Å². The molecule has 0 aromatic heterocycles. The predicted octanol–water partition coefficient (Wildman–Crippen LogP) is 3.55. The van der Waals surface area contributed by atoms with Gasteiger partial charge >= 0.3 is 6.03 Å². The van der Waals surface area contributed by atoms with Crippen molar-refractivity contribution >= 4 is 45.5 Å². The van der Waals surface area contributed by atoms with Gasteiger partial charge in [-0.2, -0.15) is 0 Å². The van der Waals surface area contributed by atoms with Crippen molar-refractivity contribution in [3.8, 4) is 11.5 Å². The van der Waals surface area contributed by atoms with Crippen molar-refractivity contribution in [2.45, 2.75) is 0 Å². The van der Waals surface area contributed by atoms with Crippen LogP contribution in [-0.2, 0) is 9.59 Å². The molecule has 2 aromatic carbocycles. The Morgan fingerprint density at radius 2 is 2.00 bits per heavy atom. The number of rotatable bonds is 8. The van der Waals surface area contributed by atoms with Crippen LogP contribution in [-0.4, -0.2) is 43.0 Å². The van der Waals surface area contributed by atoms with Gasteiger partial charge in [-0.15, -0.1) is 6.58 Å². The van der Waals surface area contributed by atoms with E-state index in [1.165, 1.54) is 19.3 Å². The molecule has 1 aliphatic heterocycles. The fraction of sp³-hybridized carbons (Fsp3) is 0.136. The molecule has 1 aliphatic rings. The van der Waals surface area contributed by atoms with Crippen LogP contribution >= 0.6 is 15.9 Å². The van der Waals surface area contributed by atoms with Crippen molar-refractivity contribution in [3.05, 3.63) is 70.9 Å². The van der Waals surface area contributed by atoms with E-state index >= 15 is 0 Å². The van der Waals surface area contributed by atoms with E-state index in [-0.39, 0.29) is 24.8 Å². The Morgan fingerprint density at radius 3 is 2.68 bits per heavy atom. The number of amides is 4. The molecule has 1 saturated heterocycles. The Balaban J connectivity index is 1.74. The molecule has 9 heteroatoms. The quantitative estimate of drug-likeness (QED) is 0.338. The largest absolute Gasteiger partial charge is 0.493 e. The Kier molecular flexibility index (Phi) is 7.09. The van der Waals surface area contributed by atoms with Gasteiger partial charge in [-0.3, -0.25) is 14.5 Å². The van der Waals surface area contributed by atoms with E-state index in [1.54, 1.807) is 24.3 Å². The maximum Gasteiger partial charge on any atom is 0.329 e. The first-order chi connectivity index (χ1) is 14.9. The van der Waals surface area contributed by atoms with Crippen LogP contribution in [0.5, 0.6) is 11.5 Å². The second-order valence-corrected chi connectivity index (χ2v) is 7.28. The molecule has 2 aromatic rings. The molecule has 0 bridgehead atoms. The van der Waals surface area contributed by atoms with Gasteiger partial charge < -0.3 is 20.1 Å². The Hall–Kier alpha value is -3.59. The van der Waals surface area contributed by atoms with Crippen molar-refractivity contribution in [1.82, 2.24) is 10.2 Å². The van der Waals surface area contributed by atoms with Gasteiger partial charge in [0.2, 0.25) is 0 Å². The van der Waals surface area contributed by atoms with Crippen molar-refractivity contribution < 1.29 is 23.9 Å². The summed E-state index contributed by atoms with van der Waals surface area (Å²) in [5.74, 6) is -0.0813. The SMILES string of the molecule is C=CCN1C(=O)N/C(=C/c2cc(Br)c(OCC(=O)Nc3ccccc3)c(OC)c2)C1=O. The molecule has 0 radical (unpaired) electrons. The number of anilines is 1. The van der Waals surface area contributed by atoms with Crippen molar-refractivity contribution in [2.24, 2.45) is 0 Å². The zero-order valence-corrected chi connectivity index (χ0v) is 18.3. The summed E-state index contributed by atoms with van der Waals surface area (Å²) in [7, 11) is 1.46. The van der Waals surface area contributed by atoms with Gasteiger partial charge in [-0.25, -0.2) is 4.79 Å². The molecule has 160 valence electrons. The summed E-state index contributed by atoms with van der Waals surface area (Å²) in [6, 6.07) is 11.9. The van der Waals surface area contributed by atoms with Crippen molar-refractivity contribution in [3.63, 3.8) is 0 Å². The standard InChI is InChI=1S/C22H20BrN3O5/c1-3-9-26-21(28)17(25-22(26)29)11-14-10-16(23)20(18(12-14)30-2)31-13-19(27)24-15-7-5-4-6-8-15/h3-8,10-12H,1,9,13H2,2H3,(H,24,27)(H,25,29)/b17-11+. The lowest BCUT2D eigenvalue weighted by molar-refractivity contribution is -0.122. The van der Waals surface area contributed by atoms with Gasteiger partial charge in [-0.05, 0) is 51.8 Å². The van der Waals surface area contributed by atoms with E-state index in [2.05, 4.69) is 33.1 Å². The van der Waals surface area contributed by atoms with Crippen LogP contribution in [0.25, 0.3) is 6.08 Å². The maximum absolute atomic E-state index is 12.4. The number of hydrogen-bond donors (Lipinski definition) is 2. The minimum absolute atomic E-state index is 0.118. The fourth-order valence-corrected chi connectivity index (χ4v) is 3.43. The van der Waals surface area contributed by atoms with E-state index < -0.39 is 11.9 Å². The molecule has 0 aliphatic carbocycles. The first-order valence-corrected chi connectivity index (χ1v) is 10.0. The highest BCUT2D eigenvalue weighted by molar-refractivity contribution is 9.10. The average Bonchev–Trinajstić information content (AvgIpc) is 3.01. The lowest BCUT2D eigenvalue weighted by atomic mass is 10.1. The fourth-order valence-electron chi connectivity index (χ4n) is 2.85. The predicted molar refractivity (Wildman–Crippen MR) is 120 cm³/mol. The molecule has 0 unspecified atom stereocenters. The van der Waals surface area contributed by atoms with Gasteiger partial charge in [-0.1, -0.05) is 24.3 Å². The van der Waals surface area contributed by atoms with Crippen molar-refractivity contribution in [1.29, 1.82) is 0 Å². The molecule has 31 heavy (non-hydrogen) atoms.